The van der Waals surface area contributed by atoms with E-state index in [0.717, 1.165) is 29.6 Å². The highest BCUT2D eigenvalue weighted by molar-refractivity contribution is 6.08. The number of aromatic nitrogens is 4. The fraction of sp³-hybridized carbons (Fsp3) is 0.348. The zero-order valence-corrected chi connectivity index (χ0v) is 17.8. The first-order valence-electron chi connectivity index (χ1n) is 10.8. The molecule has 32 heavy (non-hydrogen) atoms. The molecule has 0 bridgehead atoms. The third-order valence-corrected chi connectivity index (χ3v) is 5.96. The molecule has 9 heteroatoms. The predicted octanol–water partition coefficient (Wildman–Crippen LogP) is 3.17. The Balaban J connectivity index is 1.50. The second-order valence-corrected chi connectivity index (χ2v) is 8.28. The summed E-state index contributed by atoms with van der Waals surface area (Å²) in [5.41, 5.74) is 3.70. The van der Waals surface area contributed by atoms with Gasteiger partial charge in [0.15, 0.2) is 0 Å². The van der Waals surface area contributed by atoms with Gasteiger partial charge in [-0.1, -0.05) is 0 Å². The molecule has 1 aliphatic heterocycles. The van der Waals surface area contributed by atoms with Gasteiger partial charge < -0.3 is 25.3 Å². The summed E-state index contributed by atoms with van der Waals surface area (Å²) in [6, 6.07) is 6.00. The molecule has 1 amide bonds. The molecule has 2 fully saturated rings. The van der Waals surface area contributed by atoms with E-state index in [-0.39, 0.29) is 17.9 Å². The van der Waals surface area contributed by atoms with Crippen molar-refractivity contribution in [3.05, 3.63) is 48.8 Å². The number of rotatable bonds is 8. The topological polar surface area (TPSA) is 118 Å². The van der Waals surface area contributed by atoms with Gasteiger partial charge in [0, 0.05) is 61.0 Å². The highest BCUT2D eigenvalue weighted by Gasteiger charge is 2.31. The summed E-state index contributed by atoms with van der Waals surface area (Å²) in [5.74, 6) is 0.633. The second-order valence-electron chi connectivity index (χ2n) is 8.28. The molecule has 0 aromatic carbocycles. The molecule has 0 unspecified atom stereocenters. The smallest absolute Gasteiger partial charge is 0.241 e. The Morgan fingerprint density at radius 3 is 2.88 bits per heavy atom. The van der Waals surface area contributed by atoms with Gasteiger partial charge in [-0.2, -0.15) is 0 Å². The van der Waals surface area contributed by atoms with Crippen molar-refractivity contribution in [3.8, 4) is 5.88 Å². The Kier molecular flexibility index (Phi) is 5.30. The summed E-state index contributed by atoms with van der Waals surface area (Å²) in [6.07, 6.45) is 10.7. The number of nitrogens with one attached hydrogen (secondary N) is 3. The SMILES string of the molecule is C[C@@H](Oc1nc(/C(C=N)=C/Nc2ccncc2)cc2ncn(C3CC3)c12)[C@H]1CNC(=O)C1. The molecule has 5 rings (SSSR count). The number of imidazole rings is 1. The van der Waals surface area contributed by atoms with E-state index in [0.29, 0.717) is 36.2 Å². The quantitative estimate of drug-likeness (QED) is 0.472. The number of nitrogens with zero attached hydrogens (tertiary/aromatic N) is 4. The molecule has 9 nitrogen and oxygen atoms in total. The number of ether oxygens (including phenoxy) is 1. The Hall–Kier alpha value is -3.75. The Bertz CT molecular complexity index is 1180. The molecule has 1 saturated carbocycles. The van der Waals surface area contributed by atoms with E-state index in [1.807, 2.05) is 31.5 Å². The number of carbonyl (C=O) groups excluding carboxylic acids is 1. The van der Waals surface area contributed by atoms with Crippen molar-refractivity contribution in [2.75, 3.05) is 11.9 Å². The van der Waals surface area contributed by atoms with E-state index in [1.54, 1.807) is 18.6 Å². The summed E-state index contributed by atoms with van der Waals surface area (Å²) in [7, 11) is 0. The van der Waals surface area contributed by atoms with Crippen LogP contribution in [-0.2, 0) is 4.79 Å². The summed E-state index contributed by atoms with van der Waals surface area (Å²) >= 11 is 0. The maximum Gasteiger partial charge on any atom is 0.241 e. The van der Waals surface area contributed by atoms with E-state index >= 15 is 0 Å². The summed E-state index contributed by atoms with van der Waals surface area (Å²) in [4.78, 5) is 25.1. The van der Waals surface area contributed by atoms with Gasteiger partial charge in [0.1, 0.15) is 11.6 Å². The highest BCUT2D eigenvalue weighted by Crippen LogP contribution is 2.40. The van der Waals surface area contributed by atoms with Crippen LogP contribution in [0.2, 0.25) is 0 Å². The number of amides is 1. The van der Waals surface area contributed by atoms with E-state index in [1.165, 1.54) is 6.21 Å². The number of fused-ring (bicyclic) bond motifs is 1. The maximum absolute atomic E-state index is 11.7. The summed E-state index contributed by atoms with van der Waals surface area (Å²) in [5, 5.41) is 14.0. The number of carbonyl (C=O) groups is 1. The van der Waals surface area contributed by atoms with Crippen molar-refractivity contribution >= 4 is 34.4 Å². The average Bonchev–Trinajstić information content (AvgIpc) is 3.40. The molecule has 3 aromatic heterocycles. The van der Waals surface area contributed by atoms with Gasteiger partial charge in [-0.15, -0.1) is 0 Å². The van der Waals surface area contributed by atoms with Crippen LogP contribution in [0.4, 0.5) is 5.69 Å². The van der Waals surface area contributed by atoms with Gasteiger partial charge in [0.2, 0.25) is 11.8 Å². The number of hydrogen-bond donors (Lipinski definition) is 3. The van der Waals surface area contributed by atoms with E-state index in [4.69, 9.17) is 15.1 Å². The second kappa shape index (κ2) is 8.41. The number of anilines is 1. The molecule has 4 heterocycles. The standard InChI is InChI=1S/C23H25N7O2/c1-14(15-8-21(31)27-11-15)32-23-22-20(28-13-30(22)18-2-3-18)9-19(29-23)16(10-24)12-26-17-4-6-25-7-5-17/h4-7,9-10,12-15,18,24H,2-3,8,11H2,1H3,(H,25,26)(H,27,31)/b16-12+,24-10?/t14-,15-/m1/s1. The van der Waals surface area contributed by atoms with Crippen LogP contribution in [0.1, 0.15) is 37.9 Å². The maximum atomic E-state index is 11.7. The van der Waals surface area contributed by atoms with Gasteiger partial charge in [0.25, 0.3) is 0 Å². The Labute approximate surface area is 185 Å². The lowest BCUT2D eigenvalue weighted by molar-refractivity contribution is -0.119. The van der Waals surface area contributed by atoms with Gasteiger partial charge >= 0.3 is 0 Å². The van der Waals surface area contributed by atoms with Gasteiger partial charge in [-0.25, -0.2) is 9.97 Å². The van der Waals surface area contributed by atoms with Crippen LogP contribution in [-0.4, -0.2) is 44.3 Å². The van der Waals surface area contributed by atoms with Crippen LogP contribution in [0, 0.1) is 11.3 Å². The third-order valence-electron chi connectivity index (χ3n) is 5.96. The molecule has 0 spiro atoms. The van der Waals surface area contributed by atoms with Gasteiger partial charge in [0.05, 0.1) is 17.5 Å². The molecule has 164 valence electrons. The van der Waals surface area contributed by atoms with Crippen molar-refractivity contribution in [1.82, 2.24) is 24.8 Å². The fourth-order valence-electron chi connectivity index (χ4n) is 3.92. The number of allylic oxidation sites excluding steroid dienone is 1. The van der Waals surface area contributed by atoms with Crippen molar-refractivity contribution in [2.24, 2.45) is 5.92 Å². The average molecular weight is 432 g/mol. The molecule has 3 aromatic rings. The fourth-order valence-corrected chi connectivity index (χ4v) is 3.92. The van der Waals surface area contributed by atoms with E-state index in [2.05, 4.69) is 25.2 Å². The summed E-state index contributed by atoms with van der Waals surface area (Å²) in [6.45, 7) is 2.58. The monoisotopic (exact) mass is 431 g/mol. The third kappa shape index (κ3) is 4.05. The Morgan fingerprint density at radius 2 is 2.19 bits per heavy atom. The molecule has 3 N–H and O–H groups in total. The van der Waals surface area contributed by atoms with Crippen LogP contribution in [0.25, 0.3) is 16.6 Å². The van der Waals surface area contributed by atoms with Crippen LogP contribution in [0.5, 0.6) is 5.88 Å². The lowest BCUT2D eigenvalue weighted by atomic mass is 10.0. The van der Waals surface area contributed by atoms with Crippen molar-refractivity contribution < 1.29 is 9.53 Å². The minimum Gasteiger partial charge on any atom is -0.473 e. The Morgan fingerprint density at radius 1 is 1.38 bits per heavy atom. The lowest BCUT2D eigenvalue weighted by Crippen LogP contribution is -2.26. The molecule has 0 radical (unpaired) electrons. The minimum absolute atomic E-state index is 0.0524. The highest BCUT2D eigenvalue weighted by atomic mass is 16.5. The van der Waals surface area contributed by atoms with Gasteiger partial charge in [-0.05, 0) is 38.0 Å². The van der Waals surface area contributed by atoms with Crippen LogP contribution >= 0.6 is 0 Å². The molecule has 1 saturated heterocycles. The largest absolute Gasteiger partial charge is 0.473 e. The first-order chi connectivity index (χ1) is 15.6. The lowest BCUT2D eigenvalue weighted by Gasteiger charge is -2.20. The molecule has 1 aliphatic carbocycles. The predicted molar refractivity (Wildman–Crippen MR) is 122 cm³/mol. The zero-order chi connectivity index (χ0) is 22.1. The molecule has 2 aliphatic rings. The van der Waals surface area contributed by atoms with Crippen LogP contribution in [0.3, 0.4) is 0 Å². The van der Waals surface area contributed by atoms with Crippen molar-refractivity contribution in [3.63, 3.8) is 0 Å². The number of pyridine rings is 2. The van der Waals surface area contributed by atoms with Crippen molar-refractivity contribution in [1.29, 1.82) is 5.41 Å². The molecular formula is C23H25N7O2. The van der Waals surface area contributed by atoms with Crippen LogP contribution in [0.15, 0.2) is 43.1 Å². The zero-order valence-electron chi connectivity index (χ0n) is 17.8. The van der Waals surface area contributed by atoms with Crippen LogP contribution < -0.4 is 15.4 Å². The van der Waals surface area contributed by atoms with Crippen molar-refractivity contribution in [2.45, 2.75) is 38.3 Å². The van der Waals surface area contributed by atoms with Gasteiger partial charge in [-0.3, -0.25) is 9.78 Å². The molecule has 2 atom stereocenters. The number of hydrogen-bond acceptors (Lipinski definition) is 7. The summed E-state index contributed by atoms with van der Waals surface area (Å²) < 4.78 is 8.47. The first kappa shape index (κ1) is 20.2. The van der Waals surface area contributed by atoms with E-state index < -0.39 is 0 Å². The molecular weight excluding hydrogens is 406 g/mol. The first-order valence-corrected chi connectivity index (χ1v) is 10.8. The normalized spacial score (nSPS) is 19.6. The minimum atomic E-state index is -0.190. The van der Waals surface area contributed by atoms with E-state index in [9.17, 15) is 4.79 Å².